The fourth-order valence-corrected chi connectivity index (χ4v) is 4.43. The van der Waals surface area contributed by atoms with Crippen LogP contribution < -0.4 is 5.32 Å². The van der Waals surface area contributed by atoms with Gasteiger partial charge >= 0.3 is 0 Å². The largest absolute Gasteiger partial charge is 0.323 e. The molecule has 1 N–H and O–H groups in total. The maximum absolute atomic E-state index is 12.7. The molecule has 0 aromatic carbocycles. The number of nitrogens with one attached hydrogen (secondary N) is 1. The summed E-state index contributed by atoms with van der Waals surface area (Å²) in [5.74, 6) is 0.378. The Bertz CT molecular complexity index is 324. The monoisotopic (exact) mass is 298 g/mol. The van der Waals surface area contributed by atoms with Crippen LogP contribution in [0.3, 0.4) is 0 Å². The smallest absolute Gasteiger partial charge is 0.241 e. The van der Waals surface area contributed by atoms with Crippen LogP contribution in [-0.4, -0.2) is 40.6 Å². The first-order valence-electron chi connectivity index (χ1n) is 8.32. The number of hydrogen-bond acceptors (Lipinski definition) is 3. The third kappa shape index (κ3) is 3.51. The van der Waals surface area contributed by atoms with Crippen molar-refractivity contribution in [2.75, 3.05) is 6.26 Å². The molecule has 20 heavy (non-hydrogen) atoms. The van der Waals surface area contributed by atoms with Crippen molar-refractivity contribution < 1.29 is 4.79 Å². The molecular weight excluding hydrogens is 268 g/mol. The zero-order chi connectivity index (χ0) is 14.5. The van der Waals surface area contributed by atoms with Gasteiger partial charge in [0.25, 0.3) is 0 Å². The third-order valence-electron chi connectivity index (χ3n) is 4.77. The van der Waals surface area contributed by atoms with Crippen molar-refractivity contribution in [3.63, 3.8) is 0 Å². The number of hydrogen-bond donors (Lipinski definition) is 1. The van der Waals surface area contributed by atoms with Crippen LogP contribution in [0.4, 0.5) is 0 Å². The molecule has 0 aromatic rings. The molecule has 2 fully saturated rings. The molecule has 1 aliphatic heterocycles. The molecule has 1 heterocycles. The van der Waals surface area contributed by atoms with Gasteiger partial charge in [-0.25, -0.2) is 0 Å². The van der Waals surface area contributed by atoms with E-state index >= 15 is 0 Å². The van der Waals surface area contributed by atoms with Gasteiger partial charge in [0.05, 0.1) is 12.2 Å². The Labute approximate surface area is 128 Å². The zero-order valence-corrected chi connectivity index (χ0v) is 14.0. The van der Waals surface area contributed by atoms with E-state index in [1.54, 1.807) is 0 Å². The Kier molecular flexibility index (Phi) is 6.21. The summed E-state index contributed by atoms with van der Waals surface area (Å²) in [5, 5.41) is 4.36. The second-order valence-electron chi connectivity index (χ2n) is 6.24. The Balaban J connectivity index is 2.01. The van der Waals surface area contributed by atoms with Crippen LogP contribution in [0, 0.1) is 0 Å². The zero-order valence-electron chi connectivity index (χ0n) is 13.2. The minimum absolute atomic E-state index is 0.0832. The lowest BCUT2D eigenvalue weighted by molar-refractivity contribution is -0.132. The number of rotatable bonds is 7. The third-order valence-corrected chi connectivity index (χ3v) is 5.87. The molecular formula is C16H30N2OS. The Morgan fingerprint density at radius 2 is 2.05 bits per heavy atom. The van der Waals surface area contributed by atoms with Gasteiger partial charge in [-0.05, 0) is 38.4 Å². The summed E-state index contributed by atoms with van der Waals surface area (Å²) in [5.41, 5.74) is 0. The summed E-state index contributed by atoms with van der Waals surface area (Å²) in [6.07, 6.45) is 11.7. The van der Waals surface area contributed by atoms with Crippen molar-refractivity contribution in [1.82, 2.24) is 10.2 Å². The number of amides is 1. The quantitative estimate of drug-likeness (QED) is 0.782. The fourth-order valence-electron chi connectivity index (χ4n) is 3.65. The van der Waals surface area contributed by atoms with E-state index < -0.39 is 0 Å². The van der Waals surface area contributed by atoms with E-state index in [-0.39, 0.29) is 6.04 Å². The van der Waals surface area contributed by atoms with Crippen molar-refractivity contribution in [1.29, 1.82) is 0 Å². The van der Waals surface area contributed by atoms with Gasteiger partial charge in [-0.15, -0.1) is 0 Å². The lowest BCUT2D eigenvalue weighted by Crippen LogP contribution is -2.43. The van der Waals surface area contributed by atoms with Gasteiger partial charge in [-0.1, -0.05) is 33.1 Å². The fraction of sp³-hybridized carbons (Fsp3) is 0.938. The molecule has 1 amide bonds. The van der Waals surface area contributed by atoms with Gasteiger partial charge in [0.15, 0.2) is 0 Å². The van der Waals surface area contributed by atoms with E-state index in [1.165, 1.54) is 25.7 Å². The van der Waals surface area contributed by atoms with Gasteiger partial charge in [-0.3, -0.25) is 10.1 Å². The molecule has 0 bridgehead atoms. The van der Waals surface area contributed by atoms with E-state index in [1.807, 2.05) is 11.8 Å². The van der Waals surface area contributed by atoms with Gasteiger partial charge in [0, 0.05) is 11.3 Å². The first-order chi connectivity index (χ1) is 9.71. The second kappa shape index (κ2) is 7.69. The number of unbranched alkanes of at least 4 members (excludes halogenated alkanes) is 1. The average Bonchev–Trinajstić information content (AvgIpc) is 3.02. The molecule has 0 radical (unpaired) electrons. The highest BCUT2D eigenvalue weighted by atomic mass is 32.2. The molecule has 1 aliphatic carbocycles. The first kappa shape index (κ1) is 16.2. The highest BCUT2D eigenvalue weighted by Gasteiger charge is 2.43. The average molecular weight is 298 g/mol. The first-order valence-corrected chi connectivity index (χ1v) is 9.61. The van der Waals surface area contributed by atoms with Crippen molar-refractivity contribution in [3.8, 4) is 0 Å². The lowest BCUT2D eigenvalue weighted by atomic mass is 10.1. The van der Waals surface area contributed by atoms with Crippen LogP contribution in [0.5, 0.6) is 0 Å². The summed E-state index contributed by atoms with van der Waals surface area (Å²) in [6.45, 7) is 4.41. The van der Waals surface area contributed by atoms with Crippen LogP contribution in [0.1, 0.15) is 65.2 Å². The maximum atomic E-state index is 12.7. The standard InChI is InChI=1S/C16H30N2OS/c1-4-6-8-14-16(19)18(15(17-14)7-5-2)12-9-10-13(11-12)20-3/h12-15,17H,4-11H2,1-3H3. The summed E-state index contributed by atoms with van der Waals surface area (Å²) >= 11 is 1.97. The molecule has 4 unspecified atom stereocenters. The summed E-state index contributed by atoms with van der Waals surface area (Å²) in [7, 11) is 0. The number of carbonyl (C=O) groups excluding carboxylic acids is 1. The minimum Gasteiger partial charge on any atom is -0.323 e. The molecule has 0 aromatic heterocycles. The molecule has 1 saturated heterocycles. The Morgan fingerprint density at radius 1 is 1.25 bits per heavy atom. The molecule has 0 spiro atoms. The molecule has 116 valence electrons. The van der Waals surface area contributed by atoms with Gasteiger partial charge in [0.1, 0.15) is 0 Å². The highest BCUT2D eigenvalue weighted by Crippen LogP contribution is 2.34. The van der Waals surface area contributed by atoms with Gasteiger partial charge in [0.2, 0.25) is 5.91 Å². The van der Waals surface area contributed by atoms with Crippen LogP contribution in [0.2, 0.25) is 0 Å². The maximum Gasteiger partial charge on any atom is 0.241 e. The second-order valence-corrected chi connectivity index (χ2v) is 7.37. The minimum atomic E-state index is 0.0832. The topological polar surface area (TPSA) is 32.3 Å². The van der Waals surface area contributed by atoms with E-state index in [0.717, 1.165) is 30.9 Å². The van der Waals surface area contributed by atoms with E-state index in [0.29, 0.717) is 18.1 Å². The van der Waals surface area contributed by atoms with Crippen LogP contribution >= 0.6 is 11.8 Å². The Morgan fingerprint density at radius 3 is 2.65 bits per heavy atom. The van der Waals surface area contributed by atoms with Crippen molar-refractivity contribution >= 4 is 17.7 Å². The molecule has 4 atom stereocenters. The van der Waals surface area contributed by atoms with E-state index in [9.17, 15) is 4.79 Å². The molecule has 1 saturated carbocycles. The number of carbonyl (C=O) groups is 1. The highest BCUT2D eigenvalue weighted by molar-refractivity contribution is 7.99. The van der Waals surface area contributed by atoms with Crippen molar-refractivity contribution in [2.24, 2.45) is 0 Å². The molecule has 4 heteroatoms. The lowest BCUT2D eigenvalue weighted by Gasteiger charge is -2.30. The van der Waals surface area contributed by atoms with Crippen LogP contribution in [0.15, 0.2) is 0 Å². The van der Waals surface area contributed by atoms with Gasteiger partial charge in [-0.2, -0.15) is 11.8 Å². The van der Waals surface area contributed by atoms with Crippen LogP contribution in [-0.2, 0) is 4.79 Å². The predicted molar refractivity (Wildman–Crippen MR) is 86.9 cm³/mol. The Hall–Kier alpha value is -0.220. The molecule has 3 nitrogen and oxygen atoms in total. The van der Waals surface area contributed by atoms with E-state index in [4.69, 9.17) is 0 Å². The summed E-state index contributed by atoms with van der Waals surface area (Å²) in [6, 6.07) is 0.565. The van der Waals surface area contributed by atoms with Crippen molar-refractivity contribution in [2.45, 2.75) is 88.7 Å². The van der Waals surface area contributed by atoms with E-state index in [2.05, 4.69) is 30.3 Å². The van der Waals surface area contributed by atoms with Crippen LogP contribution in [0.25, 0.3) is 0 Å². The summed E-state index contributed by atoms with van der Waals surface area (Å²) < 4.78 is 0. The van der Waals surface area contributed by atoms with Crippen molar-refractivity contribution in [3.05, 3.63) is 0 Å². The summed E-state index contributed by atoms with van der Waals surface area (Å²) in [4.78, 5) is 15.0. The molecule has 2 aliphatic rings. The predicted octanol–water partition coefficient (Wildman–Crippen LogP) is 3.39. The van der Waals surface area contributed by atoms with Gasteiger partial charge < -0.3 is 4.90 Å². The molecule has 2 rings (SSSR count). The SMILES string of the molecule is CCCCC1NC(CCC)N(C2CCC(SC)C2)C1=O. The number of nitrogens with zero attached hydrogens (tertiary/aromatic N) is 1. The number of thioether (sulfide) groups is 1. The normalized spacial score (nSPS) is 34.1.